The lowest BCUT2D eigenvalue weighted by Crippen LogP contribution is -2.56. The number of hydrogen-bond donors (Lipinski definition) is 4. The largest absolute Gasteiger partial charge is 0.481 e. The van der Waals surface area contributed by atoms with Crippen LogP contribution in [0.2, 0.25) is 0 Å². The van der Waals surface area contributed by atoms with Crippen LogP contribution in [0.1, 0.15) is 48.3 Å². The second kappa shape index (κ2) is 16.0. The number of rotatable bonds is 13. The second-order valence-corrected chi connectivity index (χ2v) is 10.5. The topological polar surface area (TPSA) is 191 Å². The lowest BCUT2D eigenvalue weighted by Gasteiger charge is -2.35. The third-order valence-corrected chi connectivity index (χ3v) is 7.26. The molecular weight excluding hydrogens is 596 g/mol. The zero-order valence-corrected chi connectivity index (χ0v) is 25.3. The van der Waals surface area contributed by atoms with Gasteiger partial charge in [-0.15, -0.1) is 0 Å². The fourth-order valence-corrected chi connectivity index (χ4v) is 4.95. The van der Waals surface area contributed by atoms with E-state index in [0.29, 0.717) is 11.1 Å². The van der Waals surface area contributed by atoms with E-state index in [1.54, 1.807) is 55.5 Å². The highest BCUT2D eigenvalue weighted by molar-refractivity contribution is 5.97. The second-order valence-electron chi connectivity index (χ2n) is 10.5. The highest BCUT2D eigenvalue weighted by Gasteiger charge is 2.31. The first kappa shape index (κ1) is 33.4. The van der Waals surface area contributed by atoms with Crippen molar-refractivity contribution in [2.24, 2.45) is 0 Å². The third kappa shape index (κ3) is 9.24. The Labute approximate surface area is 265 Å². The molecule has 1 fully saturated rings. The molecule has 14 heteroatoms. The van der Waals surface area contributed by atoms with E-state index in [9.17, 15) is 34.2 Å². The van der Waals surface area contributed by atoms with Crippen molar-refractivity contribution in [1.29, 1.82) is 0 Å². The summed E-state index contributed by atoms with van der Waals surface area (Å²) in [5, 5.41) is 24.7. The van der Waals surface area contributed by atoms with Crippen LogP contribution in [0.4, 0.5) is 10.6 Å². The van der Waals surface area contributed by atoms with Gasteiger partial charge < -0.3 is 35.4 Å². The number of nitrogens with zero attached hydrogens (tertiary/aromatic N) is 4. The molecule has 1 saturated heterocycles. The van der Waals surface area contributed by atoms with Crippen molar-refractivity contribution in [3.8, 4) is 11.4 Å². The number of ether oxygens (including phenoxy) is 1. The molecule has 0 aliphatic carbocycles. The number of piperazine rings is 1. The fraction of sp³-hybridized carbons (Fsp3) is 0.344. The molecule has 2 atom stereocenters. The van der Waals surface area contributed by atoms with E-state index < -0.39 is 41.9 Å². The van der Waals surface area contributed by atoms with Gasteiger partial charge in [0.15, 0.2) is 5.82 Å². The number of aromatic nitrogens is 2. The number of nitrogens with one attached hydrogen (secondary N) is 2. The Hall–Kier alpha value is -5.53. The van der Waals surface area contributed by atoms with E-state index >= 15 is 0 Å². The van der Waals surface area contributed by atoms with Crippen molar-refractivity contribution in [2.45, 2.75) is 38.3 Å². The van der Waals surface area contributed by atoms with Gasteiger partial charge in [0.2, 0.25) is 5.91 Å². The molecule has 0 bridgehead atoms. The average Bonchev–Trinajstić information content (AvgIpc) is 3.06. The SMILES string of the molecule is CCOC(=O)N1CCN(C(=O)C(CCC(=O)O)NC(=O)c2cc(N[C@H](CC(=O)O)c3ccccc3)nc(-c3ccccc3)n2)CC1. The molecule has 4 rings (SSSR count). The summed E-state index contributed by atoms with van der Waals surface area (Å²) in [6.07, 6.45) is -1.30. The number of benzene rings is 2. The summed E-state index contributed by atoms with van der Waals surface area (Å²) >= 11 is 0. The number of amides is 3. The first-order chi connectivity index (χ1) is 22.1. The van der Waals surface area contributed by atoms with Gasteiger partial charge in [-0.05, 0) is 18.9 Å². The minimum absolute atomic E-state index is 0.112. The Balaban J connectivity index is 1.60. The lowest BCUT2D eigenvalue weighted by atomic mass is 10.0. The molecule has 3 amide bonds. The van der Waals surface area contributed by atoms with E-state index in [2.05, 4.69) is 20.6 Å². The summed E-state index contributed by atoms with van der Waals surface area (Å²) in [7, 11) is 0. The Morgan fingerprint density at radius 3 is 2.11 bits per heavy atom. The van der Waals surface area contributed by atoms with Gasteiger partial charge >= 0.3 is 18.0 Å². The van der Waals surface area contributed by atoms with Crippen molar-refractivity contribution in [3.63, 3.8) is 0 Å². The predicted molar refractivity (Wildman–Crippen MR) is 166 cm³/mol. The molecule has 1 aromatic heterocycles. The van der Waals surface area contributed by atoms with Crippen LogP contribution >= 0.6 is 0 Å². The summed E-state index contributed by atoms with van der Waals surface area (Å²) in [6.45, 7) is 2.74. The van der Waals surface area contributed by atoms with Crippen LogP contribution < -0.4 is 10.6 Å². The van der Waals surface area contributed by atoms with Gasteiger partial charge in [-0.1, -0.05) is 60.7 Å². The molecule has 0 saturated carbocycles. The smallest absolute Gasteiger partial charge is 0.409 e. The molecule has 14 nitrogen and oxygen atoms in total. The summed E-state index contributed by atoms with van der Waals surface area (Å²) in [4.78, 5) is 74.3. The van der Waals surface area contributed by atoms with E-state index in [-0.39, 0.29) is 69.4 Å². The van der Waals surface area contributed by atoms with Gasteiger partial charge in [-0.3, -0.25) is 19.2 Å². The molecule has 2 heterocycles. The van der Waals surface area contributed by atoms with Gasteiger partial charge in [0.25, 0.3) is 5.91 Å². The van der Waals surface area contributed by atoms with Crippen molar-refractivity contribution < 1.29 is 38.9 Å². The standard InChI is InChI=1S/C32H36N6O8/c1-2-46-32(45)38-17-15-37(16-18-38)31(44)23(13-14-27(39)40)35-30(43)25-19-26(36-29(34-25)22-11-7-4-8-12-22)33-24(20-28(41)42)21-9-5-3-6-10-21/h3-12,19,23-24H,2,13-18,20H2,1H3,(H,35,43)(H,39,40)(H,41,42)(H,33,34,36)/t23?,24-/m1/s1. The molecule has 1 aliphatic rings. The normalized spacial score (nSPS) is 14.1. The number of carboxylic acid groups (broad SMARTS) is 2. The molecule has 242 valence electrons. The maximum atomic E-state index is 13.7. The molecule has 1 aliphatic heterocycles. The Morgan fingerprint density at radius 1 is 0.870 bits per heavy atom. The van der Waals surface area contributed by atoms with Crippen LogP contribution in [0.15, 0.2) is 66.7 Å². The monoisotopic (exact) mass is 632 g/mol. The van der Waals surface area contributed by atoms with Crippen molar-refractivity contribution in [1.82, 2.24) is 25.1 Å². The van der Waals surface area contributed by atoms with E-state index in [1.165, 1.54) is 15.9 Å². The maximum Gasteiger partial charge on any atom is 0.409 e. The highest BCUT2D eigenvalue weighted by Crippen LogP contribution is 2.25. The Morgan fingerprint density at radius 2 is 1.50 bits per heavy atom. The van der Waals surface area contributed by atoms with E-state index in [1.807, 2.05) is 12.1 Å². The third-order valence-electron chi connectivity index (χ3n) is 7.26. The van der Waals surface area contributed by atoms with E-state index in [4.69, 9.17) is 4.74 Å². The lowest BCUT2D eigenvalue weighted by molar-refractivity contribution is -0.139. The summed E-state index contributed by atoms with van der Waals surface area (Å²) in [5.41, 5.74) is 1.17. The van der Waals surface area contributed by atoms with Crippen LogP contribution in [0.3, 0.4) is 0 Å². The number of hydrogen-bond acceptors (Lipinski definition) is 9. The summed E-state index contributed by atoms with van der Waals surface area (Å²) in [5.74, 6) is -3.05. The first-order valence-corrected chi connectivity index (χ1v) is 14.9. The molecule has 1 unspecified atom stereocenters. The number of carboxylic acids is 2. The molecule has 46 heavy (non-hydrogen) atoms. The zero-order valence-electron chi connectivity index (χ0n) is 25.3. The van der Waals surface area contributed by atoms with Crippen molar-refractivity contribution >= 4 is 35.7 Å². The molecular formula is C32H36N6O8. The van der Waals surface area contributed by atoms with Gasteiger partial charge in [0, 0.05) is 44.2 Å². The number of anilines is 1. The Bertz CT molecular complexity index is 1530. The summed E-state index contributed by atoms with van der Waals surface area (Å²) < 4.78 is 5.03. The molecule has 4 N–H and O–H groups in total. The molecule has 0 spiro atoms. The quantitative estimate of drug-likeness (QED) is 0.217. The van der Waals surface area contributed by atoms with Crippen molar-refractivity contribution in [2.75, 3.05) is 38.1 Å². The van der Waals surface area contributed by atoms with Crippen LogP contribution in [-0.2, 0) is 19.1 Å². The number of aliphatic carboxylic acids is 2. The van der Waals surface area contributed by atoms with Gasteiger partial charge in [-0.2, -0.15) is 0 Å². The van der Waals surface area contributed by atoms with Crippen LogP contribution in [0.25, 0.3) is 11.4 Å². The van der Waals surface area contributed by atoms with Gasteiger partial charge in [0.05, 0.1) is 19.1 Å². The zero-order chi connectivity index (χ0) is 33.1. The van der Waals surface area contributed by atoms with Crippen LogP contribution in [-0.4, -0.2) is 98.7 Å². The minimum Gasteiger partial charge on any atom is -0.481 e. The molecule has 2 aromatic carbocycles. The number of carbonyl (C=O) groups is 5. The van der Waals surface area contributed by atoms with Crippen molar-refractivity contribution in [3.05, 3.63) is 78.0 Å². The Kier molecular flexibility index (Phi) is 11.6. The summed E-state index contributed by atoms with van der Waals surface area (Å²) in [6, 6.07) is 17.3. The molecule has 0 radical (unpaired) electrons. The number of carbonyl (C=O) groups excluding carboxylic acids is 3. The maximum absolute atomic E-state index is 13.7. The van der Waals surface area contributed by atoms with Crippen LogP contribution in [0, 0.1) is 0 Å². The highest BCUT2D eigenvalue weighted by atomic mass is 16.6. The molecule has 3 aromatic rings. The predicted octanol–water partition coefficient (Wildman–Crippen LogP) is 3.04. The van der Waals surface area contributed by atoms with E-state index in [0.717, 1.165) is 0 Å². The van der Waals surface area contributed by atoms with Gasteiger partial charge in [0.1, 0.15) is 17.6 Å². The first-order valence-electron chi connectivity index (χ1n) is 14.9. The average molecular weight is 633 g/mol. The van der Waals surface area contributed by atoms with Crippen LogP contribution in [0.5, 0.6) is 0 Å². The van der Waals surface area contributed by atoms with Gasteiger partial charge in [-0.25, -0.2) is 14.8 Å². The fourth-order valence-electron chi connectivity index (χ4n) is 4.95. The minimum atomic E-state index is -1.19.